The maximum Gasteiger partial charge on any atom is 0.163 e. The smallest absolute Gasteiger partial charge is 0.163 e. The number of unbranched alkanes of at least 4 members (excludes halogenated alkanes) is 2. The predicted molar refractivity (Wildman–Crippen MR) is 137 cm³/mol. The number of carbonyl (C=O) groups excluding carboxylic acids is 3. The van der Waals surface area contributed by atoms with Gasteiger partial charge in [-0.05, 0) is 73.5 Å². The summed E-state index contributed by atoms with van der Waals surface area (Å²) in [6.07, 6.45) is 9.75. The van der Waals surface area contributed by atoms with E-state index in [0.717, 1.165) is 50.5 Å². The largest absolute Gasteiger partial charge is 0.300 e. The second-order valence-electron chi connectivity index (χ2n) is 10.6. The Hall–Kier alpha value is -1.77. The lowest BCUT2D eigenvalue weighted by molar-refractivity contribution is -0.129. The van der Waals surface area contributed by atoms with E-state index in [4.69, 9.17) is 0 Å². The Kier molecular flexibility index (Phi) is 11.0. The Morgan fingerprint density at radius 1 is 1.03 bits per heavy atom. The van der Waals surface area contributed by atoms with Crippen LogP contribution in [0.5, 0.6) is 0 Å². The summed E-state index contributed by atoms with van der Waals surface area (Å²) in [6, 6.07) is 4.46. The van der Waals surface area contributed by atoms with Crippen LogP contribution in [0.1, 0.15) is 132 Å². The number of fused-ring (bicyclic) bond motifs is 1. The van der Waals surface area contributed by atoms with E-state index in [1.54, 1.807) is 0 Å². The van der Waals surface area contributed by atoms with Crippen LogP contribution in [-0.4, -0.2) is 17.3 Å². The van der Waals surface area contributed by atoms with Gasteiger partial charge in [0.15, 0.2) is 5.78 Å². The van der Waals surface area contributed by atoms with E-state index in [9.17, 15) is 14.4 Å². The van der Waals surface area contributed by atoms with Gasteiger partial charge in [-0.15, -0.1) is 0 Å². The summed E-state index contributed by atoms with van der Waals surface area (Å²) in [5.41, 5.74) is 4.84. The molecule has 184 valence electrons. The number of ketones is 3. The molecule has 2 rings (SSSR count). The fourth-order valence-corrected chi connectivity index (χ4v) is 5.97. The van der Waals surface area contributed by atoms with E-state index in [-0.39, 0.29) is 35.7 Å². The Morgan fingerprint density at radius 3 is 2.33 bits per heavy atom. The predicted octanol–water partition coefficient (Wildman–Crippen LogP) is 7.67. The van der Waals surface area contributed by atoms with E-state index < -0.39 is 0 Å². The second-order valence-corrected chi connectivity index (χ2v) is 10.6. The molecule has 0 spiro atoms. The van der Waals surface area contributed by atoms with Crippen molar-refractivity contribution in [3.63, 3.8) is 0 Å². The third kappa shape index (κ3) is 7.36. The fourth-order valence-electron chi connectivity index (χ4n) is 5.97. The zero-order chi connectivity index (χ0) is 24.5. The van der Waals surface area contributed by atoms with Crippen LogP contribution < -0.4 is 0 Å². The van der Waals surface area contributed by atoms with Gasteiger partial charge in [-0.2, -0.15) is 0 Å². The lowest BCUT2D eigenvalue weighted by Crippen LogP contribution is -2.30. The first-order valence-electron chi connectivity index (χ1n) is 13.4. The molecule has 3 atom stereocenters. The van der Waals surface area contributed by atoms with Gasteiger partial charge in [0.1, 0.15) is 11.6 Å². The first-order chi connectivity index (χ1) is 15.7. The van der Waals surface area contributed by atoms with Crippen LogP contribution in [0, 0.1) is 17.8 Å². The van der Waals surface area contributed by atoms with Crippen molar-refractivity contribution in [1.82, 2.24) is 0 Å². The number of benzene rings is 1. The van der Waals surface area contributed by atoms with Crippen LogP contribution in [-0.2, 0) is 22.4 Å². The highest BCUT2D eigenvalue weighted by atomic mass is 16.1. The Balaban J connectivity index is 2.31. The topological polar surface area (TPSA) is 51.2 Å². The SMILES string of the molecule is CCCCCc1ccc(C(C)C)c2c1C(=O)CC(CC(CCC)C(CC)C(=O)CC(C)=O)C2. The van der Waals surface area contributed by atoms with Gasteiger partial charge in [-0.3, -0.25) is 14.4 Å². The molecule has 3 nitrogen and oxygen atoms in total. The summed E-state index contributed by atoms with van der Waals surface area (Å²) in [5.74, 6) is 1.19. The molecule has 3 unspecified atom stereocenters. The van der Waals surface area contributed by atoms with Gasteiger partial charge in [-0.1, -0.05) is 72.4 Å². The van der Waals surface area contributed by atoms with Crippen molar-refractivity contribution < 1.29 is 14.4 Å². The highest BCUT2D eigenvalue weighted by Crippen LogP contribution is 2.39. The monoisotopic (exact) mass is 454 g/mol. The lowest BCUT2D eigenvalue weighted by atomic mass is 9.70. The number of hydrogen-bond acceptors (Lipinski definition) is 3. The van der Waals surface area contributed by atoms with Crippen molar-refractivity contribution in [1.29, 1.82) is 0 Å². The number of rotatable bonds is 14. The van der Waals surface area contributed by atoms with Crippen molar-refractivity contribution in [2.75, 3.05) is 0 Å². The lowest BCUT2D eigenvalue weighted by Gasteiger charge is -2.33. The molecule has 1 aliphatic rings. The molecule has 1 aliphatic carbocycles. The molecule has 1 aromatic rings. The average molecular weight is 455 g/mol. The minimum absolute atomic E-state index is 0.0454. The zero-order valence-electron chi connectivity index (χ0n) is 22.0. The van der Waals surface area contributed by atoms with Gasteiger partial charge >= 0.3 is 0 Å². The zero-order valence-corrected chi connectivity index (χ0v) is 22.0. The molecular formula is C30H46O3. The maximum absolute atomic E-state index is 13.5. The first kappa shape index (κ1) is 27.5. The number of Topliss-reactive ketones (excluding diaryl/α,β-unsaturated/α-hetero) is 3. The van der Waals surface area contributed by atoms with Crippen LogP contribution in [0.4, 0.5) is 0 Å². The van der Waals surface area contributed by atoms with Crippen molar-refractivity contribution in [2.45, 2.75) is 118 Å². The number of hydrogen-bond donors (Lipinski definition) is 0. The molecule has 0 saturated carbocycles. The molecular weight excluding hydrogens is 408 g/mol. The first-order valence-corrected chi connectivity index (χ1v) is 13.4. The third-order valence-corrected chi connectivity index (χ3v) is 7.49. The standard InChI is InChI=1S/C30H46O3/c1-7-10-11-13-23-14-15-26(20(4)5)27-18-22(19-29(33)30(23)27)17-24(12-8-2)25(9-3)28(32)16-21(6)31/h14-15,20,22,24-25H,7-13,16-19H2,1-6H3. The van der Waals surface area contributed by atoms with Crippen molar-refractivity contribution >= 4 is 17.3 Å². The van der Waals surface area contributed by atoms with Crippen molar-refractivity contribution in [3.05, 3.63) is 34.4 Å². The van der Waals surface area contributed by atoms with Crippen molar-refractivity contribution in [3.8, 4) is 0 Å². The van der Waals surface area contributed by atoms with Crippen molar-refractivity contribution in [2.24, 2.45) is 17.8 Å². The summed E-state index contributed by atoms with van der Waals surface area (Å²) in [4.78, 5) is 37.9. The van der Waals surface area contributed by atoms with E-state index >= 15 is 0 Å². The summed E-state index contributed by atoms with van der Waals surface area (Å²) in [6.45, 7) is 12.4. The van der Waals surface area contributed by atoms with Crippen LogP contribution >= 0.6 is 0 Å². The normalized spacial score (nSPS) is 17.7. The molecule has 0 aliphatic heterocycles. The molecule has 33 heavy (non-hydrogen) atoms. The van der Waals surface area contributed by atoms with Gasteiger partial charge in [-0.25, -0.2) is 0 Å². The highest BCUT2D eigenvalue weighted by molar-refractivity contribution is 6.01. The van der Waals surface area contributed by atoms with Crippen LogP contribution in [0.2, 0.25) is 0 Å². The summed E-state index contributed by atoms with van der Waals surface area (Å²) >= 11 is 0. The number of carbonyl (C=O) groups is 3. The molecule has 0 radical (unpaired) electrons. The van der Waals surface area contributed by atoms with Gasteiger partial charge in [0, 0.05) is 17.9 Å². The average Bonchev–Trinajstić information content (AvgIpc) is 2.73. The molecule has 0 amide bonds. The number of aryl methyl sites for hydroxylation is 1. The third-order valence-electron chi connectivity index (χ3n) is 7.49. The quantitative estimate of drug-likeness (QED) is 0.214. The Bertz CT molecular complexity index is 820. The van der Waals surface area contributed by atoms with Crippen LogP contribution in [0.25, 0.3) is 0 Å². The molecule has 1 aromatic carbocycles. The molecule has 0 N–H and O–H groups in total. The molecule has 3 heteroatoms. The van der Waals surface area contributed by atoms with Gasteiger partial charge in [0.25, 0.3) is 0 Å². The van der Waals surface area contributed by atoms with E-state index in [1.165, 1.54) is 36.5 Å². The molecule has 0 fully saturated rings. The fraction of sp³-hybridized carbons (Fsp3) is 0.700. The second kappa shape index (κ2) is 13.2. The van der Waals surface area contributed by atoms with E-state index in [1.807, 2.05) is 0 Å². The molecule has 0 aromatic heterocycles. The van der Waals surface area contributed by atoms with Crippen LogP contribution in [0.3, 0.4) is 0 Å². The minimum Gasteiger partial charge on any atom is -0.300 e. The van der Waals surface area contributed by atoms with Gasteiger partial charge < -0.3 is 0 Å². The highest BCUT2D eigenvalue weighted by Gasteiger charge is 2.34. The Labute approximate surface area is 202 Å². The molecule has 0 heterocycles. The summed E-state index contributed by atoms with van der Waals surface area (Å²) in [5, 5.41) is 0. The van der Waals surface area contributed by atoms with E-state index in [0.29, 0.717) is 18.1 Å². The van der Waals surface area contributed by atoms with Gasteiger partial charge in [0.2, 0.25) is 0 Å². The van der Waals surface area contributed by atoms with Gasteiger partial charge in [0.05, 0.1) is 6.42 Å². The Morgan fingerprint density at radius 2 is 1.76 bits per heavy atom. The van der Waals surface area contributed by atoms with E-state index in [2.05, 4.69) is 46.8 Å². The van der Waals surface area contributed by atoms with Crippen LogP contribution in [0.15, 0.2) is 12.1 Å². The minimum atomic E-state index is -0.0738. The molecule has 0 bridgehead atoms. The summed E-state index contributed by atoms with van der Waals surface area (Å²) < 4.78 is 0. The molecule has 0 saturated heterocycles. The maximum atomic E-state index is 13.5. The summed E-state index contributed by atoms with van der Waals surface area (Å²) in [7, 11) is 0.